The van der Waals surface area contributed by atoms with Gasteiger partial charge >= 0.3 is 0 Å². The molecule has 3 aromatic rings. The summed E-state index contributed by atoms with van der Waals surface area (Å²) in [5.41, 5.74) is 2.00. The Balaban J connectivity index is 1.66. The first-order valence-electron chi connectivity index (χ1n) is 10.2. The molecule has 1 atom stereocenters. The van der Waals surface area contributed by atoms with E-state index in [2.05, 4.69) is 4.90 Å². The molecule has 1 aliphatic heterocycles. The first-order valence-corrected chi connectivity index (χ1v) is 12.4. The highest BCUT2D eigenvalue weighted by Crippen LogP contribution is 2.32. The summed E-state index contributed by atoms with van der Waals surface area (Å²) in [6.07, 6.45) is 0.566. The number of anilines is 1. The third-order valence-electron chi connectivity index (χ3n) is 5.70. The van der Waals surface area contributed by atoms with Crippen LogP contribution in [0.1, 0.15) is 17.5 Å². The number of hydrogen-bond donors (Lipinski definition) is 0. The molecule has 33 heavy (non-hydrogen) atoms. The monoisotopic (exact) mass is 503 g/mol. The molecular formula is C24H20Cl2FN3O2S. The van der Waals surface area contributed by atoms with Crippen LogP contribution < -0.4 is 4.90 Å². The maximum absolute atomic E-state index is 13.7. The van der Waals surface area contributed by atoms with Crippen LogP contribution in [0.3, 0.4) is 0 Å². The van der Waals surface area contributed by atoms with Crippen molar-refractivity contribution in [2.24, 2.45) is 0 Å². The van der Waals surface area contributed by atoms with Crippen molar-refractivity contribution in [3.8, 4) is 6.07 Å². The minimum absolute atomic E-state index is 0.0674. The third kappa shape index (κ3) is 4.99. The number of nitriles is 1. The number of hydrogen-bond acceptors (Lipinski definition) is 4. The minimum Gasteiger partial charge on any atom is -0.363 e. The predicted molar refractivity (Wildman–Crippen MR) is 127 cm³/mol. The largest absolute Gasteiger partial charge is 0.363 e. The fraction of sp³-hybridized carbons (Fsp3) is 0.208. The average molecular weight is 504 g/mol. The van der Waals surface area contributed by atoms with Crippen molar-refractivity contribution in [1.29, 1.82) is 5.26 Å². The lowest BCUT2D eigenvalue weighted by atomic mass is 10.1. The Bertz CT molecular complexity index is 1330. The van der Waals surface area contributed by atoms with Crippen LogP contribution in [-0.2, 0) is 16.6 Å². The topological polar surface area (TPSA) is 64.4 Å². The number of nitrogens with zero attached hydrogens (tertiary/aromatic N) is 3. The summed E-state index contributed by atoms with van der Waals surface area (Å²) in [7, 11) is -3.84. The van der Waals surface area contributed by atoms with E-state index in [1.165, 1.54) is 22.5 Å². The molecule has 0 aliphatic carbocycles. The van der Waals surface area contributed by atoms with Crippen LogP contribution in [0, 0.1) is 17.1 Å². The zero-order chi connectivity index (χ0) is 23.6. The fourth-order valence-electron chi connectivity index (χ4n) is 3.97. The molecule has 0 saturated carbocycles. The quantitative estimate of drug-likeness (QED) is 0.447. The standard InChI is InChI=1S/C24H20Cl2FN3O2S/c25-23-7-2-1-4-18(23)15-30(20-9-8-17(14-28)24(26)13-20)21-10-11-29(16-21)33(31,32)22-6-3-5-19(27)12-22/h1-9,12-13,21H,10-11,15-16H2/t21-/m0/s1. The van der Waals surface area contributed by atoms with E-state index in [4.69, 9.17) is 23.2 Å². The lowest BCUT2D eigenvalue weighted by Crippen LogP contribution is -2.38. The van der Waals surface area contributed by atoms with Crippen molar-refractivity contribution >= 4 is 38.9 Å². The molecule has 170 valence electrons. The van der Waals surface area contributed by atoms with Gasteiger partial charge in [-0.3, -0.25) is 0 Å². The van der Waals surface area contributed by atoms with Gasteiger partial charge in [-0.05, 0) is 54.4 Å². The Morgan fingerprint density at radius 2 is 1.85 bits per heavy atom. The number of benzene rings is 3. The molecule has 1 aliphatic rings. The lowest BCUT2D eigenvalue weighted by Gasteiger charge is -2.32. The zero-order valence-electron chi connectivity index (χ0n) is 17.5. The van der Waals surface area contributed by atoms with Crippen molar-refractivity contribution in [3.05, 3.63) is 93.7 Å². The van der Waals surface area contributed by atoms with Crippen molar-refractivity contribution in [3.63, 3.8) is 0 Å². The summed E-state index contributed by atoms with van der Waals surface area (Å²) in [5, 5.41) is 10.1. The van der Waals surface area contributed by atoms with Gasteiger partial charge in [-0.25, -0.2) is 12.8 Å². The van der Waals surface area contributed by atoms with Gasteiger partial charge in [0.2, 0.25) is 10.0 Å². The van der Waals surface area contributed by atoms with Gasteiger partial charge in [0.1, 0.15) is 11.9 Å². The van der Waals surface area contributed by atoms with E-state index in [1.54, 1.807) is 24.3 Å². The Hall–Kier alpha value is -2.63. The van der Waals surface area contributed by atoms with Gasteiger partial charge < -0.3 is 4.90 Å². The highest BCUT2D eigenvalue weighted by Gasteiger charge is 2.36. The maximum Gasteiger partial charge on any atom is 0.243 e. The van der Waals surface area contributed by atoms with E-state index in [1.807, 2.05) is 24.3 Å². The molecular weight excluding hydrogens is 484 g/mol. The number of rotatable bonds is 6. The van der Waals surface area contributed by atoms with E-state index in [0.29, 0.717) is 35.1 Å². The van der Waals surface area contributed by atoms with E-state index in [-0.39, 0.29) is 17.5 Å². The Morgan fingerprint density at radius 3 is 2.55 bits per heavy atom. The summed E-state index contributed by atoms with van der Waals surface area (Å²) >= 11 is 12.7. The number of sulfonamides is 1. The summed E-state index contributed by atoms with van der Waals surface area (Å²) in [6, 6.07) is 19.5. The second-order valence-corrected chi connectivity index (χ2v) is 10.5. The van der Waals surface area contributed by atoms with Crippen LogP contribution in [0.4, 0.5) is 10.1 Å². The molecule has 1 fully saturated rings. The molecule has 3 aromatic carbocycles. The highest BCUT2D eigenvalue weighted by atomic mass is 35.5. The zero-order valence-corrected chi connectivity index (χ0v) is 19.8. The van der Waals surface area contributed by atoms with Crippen molar-refractivity contribution in [2.45, 2.75) is 23.9 Å². The molecule has 0 spiro atoms. The first-order chi connectivity index (χ1) is 15.8. The SMILES string of the molecule is N#Cc1ccc(N(Cc2ccccc2Cl)[C@H]2CCN(S(=O)(=O)c3cccc(F)c3)C2)cc1Cl. The van der Waals surface area contributed by atoms with Crippen LogP contribution in [-0.4, -0.2) is 31.9 Å². The van der Waals surface area contributed by atoms with Crippen molar-refractivity contribution in [2.75, 3.05) is 18.0 Å². The molecule has 9 heteroatoms. The van der Waals surface area contributed by atoms with E-state index in [0.717, 1.165) is 17.3 Å². The van der Waals surface area contributed by atoms with Gasteiger partial charge in [0.15, 0.2) is 0 Å². The normalized spacial score (nSPS) is 16.5. The number of halogens is 3. The van der Waals surface area contributed by atoms with Crippen LogP contribution in [0.2, 0.25) is 10.0 Å². The Kier molecular flexibility index (Phi) is 6.91. The molecule has 1 saturated heterocycles. The van der Waals surface area contributed by atoms with Crippen molar-refractivity contribution < 1.29 is 12.8 Å². The molecule has 0 N–H and O–H groups in total. The van der Waals surface area contributed by atoms with Gasteiger partial charge in [0.05, 0.1) is 15.5 Å². The second-order valence-electron chi connectivity index (χ2n) is 7.76. The van der Waals surface area contributed by atoms with Gasteiger partial charge in [0, 0.05) is 36.4 Å². The Labute approximate surface area is 202 Å². The molecule has 0 amide bonds. The smallest absolute Gasteiger partial charge is 0.243 e. The first kappa shape index (κ1) is 23.5. The molecule has 0 bridgehead atoms. The van der Waals surface area contributed by atoms with Gasteiger partial charge in [-0.2, -0.15) is 9.57 Å². The van der Waals surface area contributed by atoms with Gasteiger partial charge in [-0.1, -0.05) is 47.5 Å². The minimum atomic E-state index is -3.84. The van der Waals surface area contributed by atoms with Gasteiger partial charge in [-0.15, -0.1) is 0 Å². The molecule has 5 nitrogen and oxygen atoms in total. The Morgan fingerprint density at radius 1 is 1.06 bits per heavy atom. The summed E-state index contributed by atoms with van der Waals surface area (Å²) in [4.78, 5) is 1.98. The van der Waals surface area contributed by atoms with E-state index < -0.39 is 15.8 Å². The van der Waals surface area contributed by atoms with Crippen LogP contribution in [0.15, 0.2) is 71.6 Å². The third-order valence-corrected chi connectivity index (χ3v) is 8.25. The molecule has 0 aromatic heterocycles. The predicted octanol–water partition coefficient (Wildman–Crippen LogP) is 5.47. The molecule has 0 unspecified atom stereocenters. The van der Waals surface area contributed by atoms with Crippen molar-refractivity contribution in [1.82, 2.24) is 4.31 Å². The molecule has 0 radical (unpaired) electrons. The van der Waals surface area contributed by atoms with Gasteiger partial charge in [0.25, 0.3) is 0 Å². The summed E-state index contributed by atoms with van der Waals surface area (Å²) < 4.78 is 41.2. The lowest BCUT2D eigenvalue weighted by molar-refractivity contribution is 0.467. The summed E-state index contributed by atoms with van der Waals surface area (Å²) in [6.45, 7) is 0.952. The molecule has 4 rings (SSSR count). The summed E-state index contributed by atoms with van der Waals surface area (Å²) in [5.74, 6) is -0.598. The second kappa shape index (κ2) is 9.70. The molecule has 1 heterocycles. The van der Waals surface area contributed by atoms with E-state index >= 15 is 0 Å². The van der Waals surface area contributed by atoms with Crippen LogP contribution in [0.25, 0.3) is 0 Å². The highest BCUT2D eigenvalue weighted by molar-refractivity contribution is 7.89. The maximum atomic E-state index is 13.7. The van der Waals surface area contributed by atoms with Crippen LogP contribution >= 0.6 is 23.2 Å². The van der Waals surface area contributed by atoms with E-state index in [9.17, 15) is 18.1 Å². The fourth-order valence-corrected chi connectivity index (χ4v) is 5.91. The van der Waals surface area contributed by atoms with Crippen LogP contribution in [0.5, 0.6) is 0 Å². The average Bonchev–Trinajstić information content (AvgIpc) is 3.29.